The first-order chi connectivity index (χ1) is 9.69. The number of methoxy groups -OCH3 is 1. The third-order valence-corrected chi connectivity index (χ3v) is 2.97. The summed E-state index contributed by atoms with van der Waals surface area (Å²) in [5.41, 5.74) is 2.12. The van der Waals surface area contributed by atoms with E-state index in [0.717, 1.165) is 0 Å². The van der Waals surface area contributed by atoms with Gasteiger partial charge in [-0.1, -0.05) is 18.2 Å². The van der Waals surface area contributed by atoms with Crippen LogP contribution in [0.1, 0.15) is 16.8 Å². The third kappa shape index (κ3) is 2.07. The number of nitrogens with zero attached hydrogens (tertiary/aromatic N) is 4. The molecule has 20 heavy (non-hydrogen) atoms. The highest BCUT2D eigenvalue weighted by Gasteiger charge is 2.15. The van der Waals surface area contributed by atoms with Gasteiger partial charge in [0.25, 0.3) is 0 Å². The van der Waals surface area contributed by atoms with E-state index >= 15 is 0 Å². The minimum absolute atomic E-state index is 0.255. The number of aryl methyl sites for hydroxylation is 1. The molecule has 0 aliphatic carbocycles. The number of rotatable bonds is 3. The van der Waals surface area contributed by atoms with Gasteiger partial charge in [0.05, 0.1) is 7.11 Å². The molecule has 0 unspecified atom stereocenters. The van der Waals surface area contributed by atoms with Gasteiger partial charge in [-0.25, -0.2) is 14.0 Å². The maximum Gasteiger partial charge on any atom is 0.246 e. The lowest BCUT2D eigenvalue weighted by Gasteiger charge is -2.07. The summed E-state index contributed by atoms with van der Waals surface area (Å²) >= 11 is 0. The highest BCUT2D eigenvalue weighted by Crippen LogP contribution is 2.22. The van der Waals surface area contributed by atoms with Crippen molar-refractivity contribution in [2.45, 2.75) is 13.3 Å². The summed E-state index contributed by atoms with van der Waals surface area (Å²) in [5, 5.41) is 7.22. The first-order valence-corrected chi connectivity index (χ1v) is 5.96. The van der Waals surface area contributed by atoms with Crippen LogP contribution in [0, 0.1) is 12.7 Å². The number of fused-ring (bicyclic) bond motifs is 1. The predicted molar refractivity (Wildman–Crippen MR) is 67.9 cm³/mol. The molecule has 0 fully saturated rings. The number of halogens is 1. The summed E-state index contributed by atoms with van der Waals surface area (Å²) in [4.78, 5) is 8.38. The quantitative estimate of drug-likeness (QED) is 0.727. The molecular formula is C13H11FN4O2. The number of aromatic nitrogens is 4. The van der Waals surface area contributed by atoms with E-state index < -0.39 is 0 Å². The Hall–Kier alpha value is -2.57. The predicted octanol–water partition coefficient (Wildman–Crippen LogP) is 2.06. The highest BCUT2D eigenvalue weighted by atomic mass is 19.1. The highest BCUT2D eigenvalue weighted by molar-refractivity contribution is 5.64. The maximum atomic E-state index is 14.0. The molecular weight excluding hydrogens is 263 g/mol. The van der Waals surface area contributed by atoms with Crippen LogP contribution in [0.4, 0.5) is 4.39 Å². The van der Waals surface area contributed by atoms with E-state index in [-0.39, 0.29) is 29.4 Å². The lowest BCUT2D eigenvalue weighted by Crippen LogP contribution is -2.03. The van der Waals surface area contributed by atoms with E-state index in [9.17, 15) is 4.39 Å². The summed E-state index contributed by atoms with van der Waals surface area (Å²) < 4.78 is 23.8. The Morgan fingerprint density at radius 2 is 1.95 bits per heavy atom. The zero-order valence-corrected chi connectivity index (χ0v) is 10.9. The molecule has 0 saturated carbocycles. The summed E-state index contributed by atoms with van der Waals surface area (Å²) in [7, 11) is 1.47. The van der Waals surface area contributed by atoms with Gasteiger partial charge in [0.1, 0.15) is 11.5 Å². The number of hydrogen-bond acceptors (Lipinski definition) is 6. The first kappa shape index (κ1) is 12.5. The largest absolute Gasteiger partial charge is 0.480 e. The van der Waals surface area contributed by atoms with Crippen molar-refractivity contribution in [1.82, 2.24) is 20.3 Å². The summed E-state index contributed by atoms with van der Waals surface area (Å²) in [6.45, 7) is 1.71. The van der Waals surface area contributed by atoms with Crippen LogP contribution in [0.5, 0.6) is 5.88 Å². The van der Waals surface area contributed by atoms with Gasteiger partial charge >= 0.3 is 0 Å². The lowest BCUT2D eigenvalue weighted by molar-refractivity contribution is 0.313. The van der Waals surface area contributed by atoms with Crippen molar-refractivity contribution in [3.63, 3.8) is 0 Å². The fourth-order valence-corrected chi connectivity index (χ4v) is 1.96. The smallest absolute Gasteiger partial charge is 0.246 e. The van der Waals surface area contributed by atoms with Crippen molar-refractivity contribution < 1.29 is 13.8 Å². The Morgan fingerprint density at radius 3 is 2.70 bits per heavy atom. The van der Waals surface area contributed by atoms with Gasteiger partial charge in [0, 0.05) is 6.42 Å². The van der Waals surface area contributed by atoms with Crippen LogP contribution in [-0.4, -0.2) is 27.4 Å². The average molecular weight is 274 g/mol. The Labute approximate surface area is 113 Å². The molecule has 0 radical (unpaired) electrons. The van der Waals surface area contributed by atoms with E-state index in [1.165, 1.54) is 7.11 Å². The van der Waals surface area contributed by atoms with Crippen molar-refractivity contribution in [1.29, 1.82) is 0 Å². The second-order valence-electron chi connectivity index (χ2n) is 4.32. The van der Waals surface area contributed by atoms with Gasteiger partial charge < -0.3 is 4.74 Å². The SMILES string of the molecule is COc1nc2nonc2nc1Cc1cccc(C)c1F. The van der Waals surface area contributed by atoms with E-state index in [2.05, 4.69) is 24.9 Å². The molecule has 102 valence electrons. The van der Waals surface area contributed by atoms with E-state index in [0.29, 0.717) is 16.8 Å². The molecule has 1 aromatic carbocycles. The van der Waals surface area contributed by atoms with Crippen LogP contribution in [-0.2, 0) is 6.42 Å². The van der Waals surface area contributed by atoms with Crippen molar-refractivity contribution in [3.8, 4) is 5.88 Å². The van der Waals surface area contributed by atoms with Crippen molar-refractivity contribution >= 4 is 11.3 Å². The van der Waals surface area contributed by atoms with E-state index in [4.69, 9.17) is 4.74 Å². The topological polar surface area (TPSA) is 73.9 Å². The minimum atomic E-state index is -0.255. The molecule has 0 saturated heterocycles. The van der Waals surface area contributed by atoms with Gasteiger partial charge in [-0.2, -0.15) is 4.98 Å². The van der Waals surface area contributed by atoms with E-state index in [1.54, 1.807) is 25.1 Å². The molecule has 3 aromatic rings. The summed E-state index contributed by atoms with van der Waals surface area (Å²) in [5.74, 6) is 0.0313. The molecule has 6 nitrogen and oxygen atoms in total. The summed E-state index contributed by atoms with van der Waals surface area (Å²) in [6, 6.07) is 5.21. The molecule has 2 heterocycles. The van der Waals surface area contributed by atoms with Crippen molar-refractivity contribution in [2.24, 2.45) is 0 Å². The molecule has 0 aliphatic heterocycles. The van der Waals surface area contributed by atoms with Crippen LogP contribution < -0.4 is 4.74 Å². The molecule has 0 atom stereocenters. The molecule has 0 bridgehead atoms. The Balaban J connectivity index is 2.07. The zero-order chi connectivity index (χ0) is 14.1. The molecule has 2 aromatic heterocycles. The first-order valence-electron chi connectivity index (χ1n) is 5.96. The van der Waals surface area contributed by atoms with Crippen LogP contribution >= 0.6 is 0 Å². The van der Waals surface area contributed by atoms with Crippen LogP contribution in [0.15, 0.2) is 22.8 Å². The van der Waals surface area contributed by atoms with E-state index in [1.807, 2.05) is 0 Å². The number of hydrogen-bond donors (Lipinski definition) is 0. The summed E-state index contributed by atoms with van der Waals surface area (Å²) in [6.07, 6.45) is 0.256. The third-order valence-electron chi connectivity index (χ3n) is 2.97. The molecule has 0 aliphatic rings. The number of benzene rings is 1. The molecule has 0 amide bonds. The minimum Gasteiger partial charge on any atom is -0.480 e. The van der Waals surface area contributed by atoms with Crippen molar-refractivity contribution in [2.75, 3.05) is 7.11 Å². The fourth-order valence-electron chi connectivity index (χ4n) is 1.96. The van der Waals surface area contributed by atoms with Crippen molar-refractivity contribution in [3.05, 3.63) is 40.8 Å². The second kappa shape index (κ2) is 4.84. The molecule has 3 rings (SSSR count). The van der Waals surface area contributed by atoms with Gasteiger partial charge in [0.15, 0.2) is 0 Å². The monoisotopic (exact) mass is 274 g/mol. The Kier molecular flexibility index (Phi) is 3.02. The van der Waals surface area contributed by atoms with Gasteiger partial charge in [-0.05, 0) is 28.4 Å². The average Bonchev–Trinajstić information content (AvgIpc) is 2.90. The van der Waals surface area contributed by atoms with Crippen LogP contribution in [0.2, 0.25) is 0 Å². The fraction of sp³-hybridized carbons (Fsp3) is 0.231. The van der Waals surface area contributed by atoms with Gasteiger partial charge in [-0.15, -0.1) is 0 Å². The van der Waals surface area contributed by atoms with Crippen LogP contribution in [0.3, 0.4) is 0 Å². The Morgan fingerprint density at radius 1 is 1.20 bits per heavy atom. The van der Waals surface area contributed by atoms with Gasteiger partial charge in [0.2, 0.25) is 17.2 Å². The number of ether oxygens (including phenoxy) is 1. The van der Waals surface area contributed by atoms with Crippen LogP contribution in [0.25, 0.3) is 11.3 Å². The normalized spacial score (nSPS) is 10.9. The standard InChI is InChI=1S/C13H11FN4O2/c1-7-4-3-5-8(10(7)14)6-9-13(19-2)16-12-11(15-9)17-20-18-12/h3-5H,6H2,1-2H3. The zero-order valence-electron chi connectivity index (χ0n) is 10.9. The molecule has 0 N–H and O–H groups in total. The lowest BCUT2D eigenvalue weighted by atomic mass is 10.1. The second-order valence-corrected chi connectivity index (χ2v) is 4.32. The van der Waals surface area contributed by atoms with Gasteiger partial charge in [-0.3, -0.25) is 0 Å². The Bertz CT molecular complexity index is 772. The molecule has 7 heteroatoms. The maximum absolute atomic E-state index is 14.0. The molecule has 0 spiro atoms.